The molecule has 0 amide bonds. The zero-order valence-corrected chi connectivity index (χ0v) is 13.9. The van der Waals surface area contributed by atoms with E-state index in [9.17, 15) is 18.0 Å². The molecule has 26 heavy (non-hydrogen) atoms. The third-order valence-electron chi connectivity index (χ3n) is 3.81. The van der Waals surface area contributed by atoms with Crippen LogP contribution in [0.2, 0.25) is 0 Å². The SMILES string of the molecule is Cc1ccc(OCCn2ccc(=O)c3cccc(OC(F)(F)F)c32)cc1. The lowest BCUT2D eigenvalue weighted by Gasteiger charge is -2.16. The monoisotopic (exact) mass is 363 g/mol. The number of para-hydroxylation sites is 1. The van der Waals surface area contributed by atoms with Crippen LogP contribution >= 0.6 is 0 Å². The summed E-state index contributed by atoms with van der Waals surface area (Å²) in [5, 5.41) is 0.157. The maximum atomic E-state index is 12.7. The third kappa shape index (κ3) is 4.17. The highest BCUT2D eigenvalue weighted by Gasteiger charge is 2.32. The average molecular weight is 363 g/mol. The molecule has 0 bridgehead atoms. The van der Waals surface area contributed by atoms with Gasteiger partial charge in [-0.15, -0.1) is 13.2 Å². The highest BCUT2D eigenvalue weighted by atomic mass is 19.4. The predicted molar refractivity (Wildman–Crippen MR) is 91.6 cm³/mol. The van der Waals surface area contributed by atoms with E-state index in [0.717, 1.165) is 5.56 Å². The molecule has 4 nitrogen and oxygen atoms in total. The summed E-state index contributed by atoms with van der Waals surface area (Å²) in [7, 11) is 0. The smallest absolute Gasteiger partial charge is 0.492 e. The van der Waals surface area contributed by atoms with Crippen LogP contribution in [-0.2, 0) is 6.54 Å². The number of benzene rings is 2. The number of aromatic nitrogens is 1. The van der Waals surface area contributed by atoms with Gasteiger partial charge in [0.2, 0.25) is 0 Å². The van der Waals surface area contributed by atoms with Gasteiger partial charge >= 0.3 is 6.36 Å². The highest BCUT2D eigenvalue weighted by Crippen LogP contribution is 2.29. The fourth-order valence-corrected chi connectivity index (χ4v) is 2.63. The summed E-state index contributed by atoms with van der Waals surface area (Å²) >= 11 is 0. The quantitative estimate of drug-likeness (QED) is 0.679. The van der Waals surface area contributed by atoms with Crippen molar-refractivity contribution in [3.63, 3.8) is 0 Å². The largest absolute Gasteiger partial charge is 0.573 e. The summed E-state index contributed by atoms with van der Waals surface area (Å²) < 4.78 is 49.3. The molecule has 0 N–H and O–H groups in total. The Labute approximate surface area is 147 Å². The van der Waals surface area contributed by atoms with Crippen molar-refractivity contribution < 1.29 is 22.6 Å². The molecule has 0 spiro atoms. The number of hydrogen-bond donors (Lipinski definition) is 0. The molecule has 0 aliphatic heterocycles. The second-order valence-electron chi connectivity index (χ2n) is 5.74. The van der Waals surface area contributed by atoms with Gasteiger partial charge in [0, 0.05) is 17.6 Å². The minimum absolute atomic E-state index is 0.0878. The Morgan fingerprint density at radius 1 is 1.04 bits per heavy atom. The van der Waals surface area contributed by atoms with Crippen molar-refractivity contribution in [3.8, 4) is 11.5 Å². The first-order valence-electron chi connectivity index (χ1n) is 7.91. The molecule has 3 rings (SSSR count). The molecule has 0 saturated carbocycles. The van der Waals surface area contributed by atoms with E-state index >= 15 is 0 Å². The van der Waals surface area contributed by atoms with Gasteiger partial charge in [-0.3, -0.25) is 4.79 Å². The van der Waals surface area contributed by atoms with Crippen molar-refractivity contribution in [2.45, 2.75) is 19.8 Å². The van der Waals surface area contributed by atoms with Crippen LogP contribution in [0.5, 0.6) is 11.5 Å². The first-order valence-corrected chi connectivity index (χ1v) is 7.91. The second kappa shape index (κ2) is 7.11. The lowest BCUT2D eigenvalue weighted by Crippen LogP contribution is -2.19. The summed E-state index contributed by atoms with van der Waals surface area (Å²) in [5.74, 6) is 0.246. The Bertz CT molecular complexity index is 962. The summed E-state index contributed by atoms with van der Waals surface area (Å²) in [4.78, 5) is 12.0. The summed E-state index contributed by atoms with van der Waals surface area (Å²) in [6, 6.07) is 12.8. The Morgan fingerprint density at radius 3 is 2.46 bits per heavy atom. The van der Waals surface area contributed by atoms with Crippen LogP contribution < -0.4 is 14.9 Å². The third-order valence-corrected chi connectivity index (χ3v) is 3.81. The summed E-state index contributed by atoms with van der Waals surface area (Å²) in [5.41, 5.74) is 0.811. The van der Waals surface area contributed by atoms with Crippen molar-refractivity contribution in [1.82, 2.24) is 4.57 Å². The van der Waals surface area contributed by atoms with E-state index in [4.69, 9.17) is 4.74 Å². The van der Waals surface area contributed by atoms with Crippen molar-refractivity contribution in [2.24, 2.45) is 0 Å². The molecule has 3 aromatic rings. The van der Waals surface area contributed by atoms with Gasteiger partial charge < -0.3 is 14.0 Å². The number of aryl methyl sites for hydroxylation is 1. The van der Waals surface area contributed by atoms with Gasteiger partial charge in [0.1, 0.15) is 12.4 Å². The Kier molecular flexibility index (Phi) is 4.88. The predicted octanol–water partition coefficient (Wildman–Crippen LogP) is 4.29. The standard InChI is InChI=1S/C19H16F3NO3/c1-13-5-7-14(8-6-13)25-12-11-23-10-9-16(24)15-3-2-4-17(18(15)23)26-19(20,21)22/h2-10H,11-12H2,1H3. The molecule has 0 radical (unpaired) electrons. The van der Waals surface area contributed by atoms with Gasteiger partial charge in [0.05, 0.1) is 12.1 Å². The van der Waals surface area contributed by atoms with Crippen LogP contribution in [0.3, 0.4) is 0 Å². The van der Waals surface area contributed by atoms with Gasteiger partial charge in [0.25, 0.3) is 0 Å². The fraction of sp³-hybridized carbons (Fsp3) is 0.211. The van der Waals surface area contributed by atoms with Gasteiger partial charge in [-0.05, 0) is 31.2 Å². The molecule has 1 aromatic heterocycles. The number of halogens is 3. The molecule has 0 unspecified atom stereocenters. The Morgan fingerprint density at radius 2 is 1.77 bits per heavy atom. The first-order chi connectivity index (χ1) is 12.3. The molecule has 0 saturated heterocycles. The van der Waals surface area contributed by atoms with Gasteiger partial charge in [0.15, 0.2) is 11.2 Å². The zero-order chi connectivity index (χ0) is 18.7. The normalized spacial score (nSPS) is 11.5. The molecule has 0 atom stereocenters. The van der Waals surface area contributed by atoms with E-state index in [1.54, 1.807) is 0 Å². The Balaban J connectivity index is 1.88. The zero-order valence-electron chi connectivity index (χ0n) is 13.9. The summed E-state index contributed by atoms with van der Waals surface area (Å²) in [6.45, 7) is 2.43. The summed E-state index contributed by atoms with van der Waals surface area (Å²) in [6.07, 6.45) is -3.41. The topological polar surface area (TPSA) is 40.5 Å². The lowest BCUT2D eigenvalue weighted by molar-refractivity contribution is -0.274. The molecule has 7 heteroatoms. The van der Waals surface area contributed by atoms with Crippen LogP contribution in [0.25, 0.3) is 10.9 Å². The minimum Gasteiger partial charge on any atom is -0.492 e. The lowest BCUT2D eigenvalue weighted by atomic mass is 10.2. The van der Waals surface area contributed by atoms with Crippen LogP contribution in [0.4, 0.5) is 13.2 Å². The number of pyridine rings is 1. The van der Waals surface area contributed by atoms with Crippen molar-refractivity contribution in [3.05, 3.63) is 70.5 Å². The molecule has 0 fully saturated rings. The van der Waals surface area contributed by atoms with Gasteiger partial charge in [-0.25, -0.2) is 0 Å². The van der Waals surface area contributed by atoms with Gasteiger partial charge in [-0.1, -0.05) is 23.8 Å². The maximum absolute atomic E-state index is 12.7. The molecule has 0 aliphatic carbocycles. The average Bonchev–Trinajstić information content (AvgIpc) is 2.58. The highest BCUT2D eigenvalue weighted by molar-refractivity contribution is 5.84. The number of hydrogen-bond acceptors (Lipinski definition) is 3. The van der Waals surface area contributed by atoms with E-state index in [2.05, 4.69) is 4.74 Å². The van der Waals surface area contributed by atoms with Crippen LogP contribution in [0, 0.1) is 6.92 Å². The first kappa shape index (κ1) is 17.8. The molecule has 0 aliphatic rings. The molecule has 136 valence electrons. The van der Waals surface area contributed by atoms with E-state index in [-0.39, 0.29) is 29.5 Å². The number of ether oxygens (including phenoxy) is 2. The number of nitrogens with zero attached hydrogens (tertiary/aromatic N) is 1. The number of alkyl halides is 3. The van der Waals surface area contributed by atoms with Crippen LogP contribution in [0.15, 0.2) is 59.5 Å². The number of rotatable bonds is 5. The molecular weight excluding hydrogens is 347 g/mol. The van der Waals surface area contributed by atoms with Crippen LogP contribution in [0.1, 0.15) is 5.56 Å². The van der Waals surface area contributed by atoms with E-state index in [1.807, 2.05) is 31.2 Å². The second-order valence-corrected chi connectivity index (χ2v) is 5.74. The fourth-order valence-electron chi connectivity index (χ4n) is 2.63. The van der Waals surface area contributed by atoms with Gasteiger partial charge in [-0.2, -0.15) is 0 Å². The molecular formula is C19H16F3NO3. The van der Waals surface area contributed by atoms with E-state index in [0.29, 0.717) is 5.75 Å². The van der Waals surface area contributed by atoms with Crippen LogP contribution in [-0.4, -0.2) is 17.5 Å². The minimum atomic E-state index is -4.84. The molecule has 2 aromatic carbocycles. The molecule has 1 heterocycles. The van der Waals surface area contributed by atoms with E-state index in [1.165, 1.54) is 35.0 Å². The maximum Gasteiger partial charge on any atom is 0.573 e. The van der Waals surface area contributed by atoms with Crippen molar-refractivity contribution in [1.29, 1.82) is 0 Å². The number of fused-ring (bicyclic) bond motifs is 1. The Hall–Kier alpha value is -2.96. The van der Waals surface area contributed by atoms with Crippen molar-refractivity contribution >= 4 is 10.9 Å². The van der Waals surface area contributed by atoms with E-state index < -0.39 is 12.1 Å². The van der Waals surface area contributed by atoms with Crippen molar-refractivity contribution in [2.75, 3.05) is 6.61 Å².